The lowest BCUT2D eigenvalue weighted by Crippen LogP contribution is -2.55. The zero-order valence-corrected chi connectivity index (χ0v) is 15.1. The summed E-state index contributed by atoms with van der Waals surface area (Å²) in [5.41, 5.74) is 4.56. The first-order chi connectivity index (χ1) is 11.8. The predicted octanol–water partition coefficient (Wildman–Crippen LogP) is 3.69. The lowest BCUT2D eigenvalue weighted by Gasteiger charge is -2.26. The van der Waals surface area contributed by atoms with Crippen LogP contribution in [0.4, 0.5) is 0 Å². The standard InChI is InChI=1S/C17H14Cl3NO4/c18-13-11(9-17(21,15(19)20)16(23)24)7-4-8-12(13)25-14(22)10-5-2-1-3-6-10/h1-8,15H,9,21H2,(H,23,24). The van der Waals surface area contributed by atoms with Crippen LogP contribution in [0.25, 0.3) is 0 Å². The Hall–Kier alpha value is -1.79. The van der Waals surface area contributed by atoms with Crippen molar-refractivity contribution in [1.29, 1.82) is 0 Å². The van der Waals surface area contributed by atoms with Crippen molar-refractivity contribution in [3.8, 4) is 5.75 Å². The van der Waals surface area contributed by atoms with Crippen LogP contribution in [0.5, 0.6) is 5.75 Å². The zero-order valence-electron chi connectivity index (χ0n) is 12.8. The molecule has 1 unspecified atom stereocenters. The van der Waals surface area contributed by atoms with Crippen LogP contribution >= 0.6 is 34.8 Å². The molecule has 0 spiro atoms. The molecule has 2 aromatic carbocycles. The molecule has 0 aromatic heterocycles. The molecule has 0 aliphatic carbocycles. The number of benzene rings is 2. The first-order valence-corrected chi connectivity index (χ1v) is 8.36. The fourth-order valence-electron chi connectivity index (χ4n) is 2.07. The lowest BCUT2D eigenvalue weighted by atomic mass is 9.93. The number of carbonyl (C=O) groups excluding carboxylic acids is 1. The lowest BCUT2D eigenvalue weighted by molar-refractivity contribution is -0.142. The molecule has 0 saturated heterocycles. The summed E-state index contributed by atoms with van der Waals surface area (Å²) in [6.07, 6.45) is -0.241. The summed E-state index contributed by atoms with van der Waals surface area (Å²) >= 11 is 17.7. The maximum atomic E-state index is 12.1. The third-order valence-electron chi connectivity index (χ3n) is 3.53. The normalized spacial score (nSPS) is 13.3. The van der Waals surface area contributed by atoms with E-state index in [0.29, 0.717) is 11.1 Å². The Morgan fingerprint density at radius 2 is 1.76 bits per heavy atom. The number of halogens is 3. The molecule has 0 heterocycles. The van der Waals surface area contributed by atoms with Crippen LogP contribution in [-0.2, 0) is 11.2 Å². The molecule has 25 heavy (non-hydrogen) atoms. The van der Waals surface area contributed by atoms with Gasteiger partial charge in [0, 0.05) is 6.42 Å². The first-order valence-electron chi connectivity index (χ1n) is 7.10. The second kappa shape index (κ2) is 8.06. The smallest absolute Gasteiger partial charge is 0.343 e. The molecule has 0 amide bonds. The van der Waals surface area contributed by atoms with Gasteiger partial charge in [-0.05, 0) is 23.8 Å². The molecule has 0 aliphatic heterocycles. The quantitative estimate of drug-likeness (QED) is 0.437. The Kier molecular flexibility index (Phi) is 6.30. The van der Waals surface area contributed by atoms with Gasteiger partial charge >= 0.3 is 11.9 Å². The number of esters is 1. The summed E-state index contributed by atoms with van der Waals surface area (Å²) in [7, 11) is 0. The highest BCUT2D eigenvalue weighted by molar-refractivity contribution is 6.46. The van der Waals surface area contributed by atoms with E-state index in [2.05, 4.69) is 0 Å². The summed E-state index contributed by atoms with van der Waals surface area (Å²) in [4.78, 5) is 22.2. The number of carboxylic acids is 1. The van der Waals surface area contributed by atoms with Crippen LogP contribution in [0.1, 0.15) is 15.9 Å². The maximum Gasteiger partial charge on any atom is 0.343 e. The molecule has 0 saturated carbocycles. The molecule has 0 fully saturated rings. The van der Waals surface area contributed by atoms with E-state index in [9.17, 15) is 14.7 Å². The summed E-state index contributed by atoms with van der Waals surface area (Å²) in [6, 6.07) is 13.0. The Bertz CT molecular complexity index is 783. The van der Waals surface area contributed by atoms with Crippen LogP contribution in [0.2, 0.25) is 5.02 Å². The van der Waals surface area contributed by atoms with Crippen molar-refractivity contribution in [3.05, 3.63) is 64.7 Å². The maximum absolute atomic E-state index is 12.1. The van der Waals surface area contributed by atoms with Crippen molar-refractivity contribution in [2.75, 3.05) is 0 Å². The van der Waals surface area contributed by atoms with Gasteiger partial charge in [-0.1, -0.05) is 41.9 Å². The number of nitrogens with two attached hydrogens (primary N) is 1. The van der Waals surface area contributed by atoms with Crippen molar-refractivity contribution in [2.24, 2.45) is 5.73 Å². The number of rotatable bonds is 6. The Morgan fingerprint density at radius 1 is 1.12 bits per heavy atom. The van der Waals surface area contributed by atoms with Gasteiger partial charge in [0.25, 0.3) is 0 Å². The minimum atomic E-state index is -1.94. The molecule has 2 aromatic rings. The second-order valence-electron chi connectivity index (χ2n) is 5.31. The fraction of sp³-hybridized carbons (Fsp3) is 0.176. The molecule has 1 atom stereocenters. The van der Waals surface area contributed by atoms with Crippen molar-refractivity contribution < 1.29 is 19.4 Å². The van der Waals surface area contributed by atoms with Gasteiger partial charge in [0.15, 0.2) is 0 Å². The monoisotopic (exact) mass is 401 g/mol. The molecule has 0 radical (unpaired) electrons. The van der Waals surface area contributed by atoms with Gasteiger partial charge < -0.3 is 15.6 Å². The number of hydrogen-bond acceptors (Lipinski definition) is 4. The summed E-state index contributed by atoms with van der Waals surface area (Å²) < 4.78 is 5.28. The third kappa shape index (κ3) is 4.44. The largest absolute Gasteiger partial charge is 0.480 e. The molecule has 0 bridgehead atoms. The van der Waals surface area contributed by atoms with Crippen LogP contribution in [0, 0.1) is 0 Å². The van der Waals surface area contributed by atoms with Gasteiger partial charge in [-0.2, -0.15) is 0 Å². The van der Waals surface area contributed by atoms with Crippen LogP contribution in [0.3, 0.4) is 0 Å². The number of carbonyl (C=O) groups is 2. The molecule has 0 aliphatic rings. The average molecular weight is 403 g/mol. The van der Waals surface area contributed by atoms with Gasteiger partial charge in [-0.3, -0.25) is 4.79 Å². The second-order valence-corrected chi connectivity index (χ2v) is 6.78. The molecule has 132 valence electrons. The Labute approximate surface area is 159 Å². The summed E-state index contributed by atoms with van der Waals surface area (Å²) in [5, 5.41) is 9.36. The highest BCUT2D eigenvalue weighted by atomic mass is 35.5. The van der Waals surface area contributed by atoms with Crippen molar-refractivity contribution >= 4 is 46.7 Å². The summed E-state index contributed by atoms with van der Waals surface area (Å²) in [5.74, 6) is -1.88. The molecule has 3 N–H and O–H groups in total. The highest BCUT2D eigenvalue weighted by Gasteiger charge is 2.41. The number of alkyl halides is 2. The third-order valence-corrected chi connectivity index (χ3v) is 4.73. The first kappa shape index (κ1) is 19.5. The Morgan fingerprint density at radius 3 is 2.32 bits per heavy atom. The molecule has 5 nitrogen and oxygen atoms in total. The van der Waals surface area contributed by atoms with Gasteiger partial charge in [0.1, 0.15) is 16.1 Å². The zero-order chi connectivity index (χ0) is 18.6. The van der Waals surface area contributed by atoms with Crippen LogP contribution in [0.15, 0.2) is 48.5 Å². The molecular formula is C17H14Cl3NO4. The molecular weight excluding hydrogens is 389 g/mol. The van der Waals surface area contributed by atoms with Crippen molar-refractivity contribution in [3.63, 3.8) is 0 Å². The van der Waals surface area contributed by atoms with Gasteiger partial charge in [-0.25, -0.2) is 4.79 Å². The topological polar surface area (TPSA) is 89.6 Å². The summed E-state index contributed by atoms with van der Waals surface area (Å²) in [6.45, 7) is 0. The SMILES string of the molecule is NC(Cc1cccc(OC(=O)c2ccccc2)c1Cl)(C(=O)O)C(Cl)Cl. The minimum absolute atomic E-state index is 0.0665. The van der Waals surface area contributed by atoms with Crippen molar-refractivity contribution in [1.82, 2.24) is 0 Å². The van der Waals surface area contributed by atoms with E-state index >= 15 is 0 Å². The number of ether oxygens (including phenoxy) is 1. The number of carboxylic acid groups (broad SMARTS) is 1. The van der Waals surface area contributed by atoms with Crippen LogP contribution < -0.4 is 10.5 Å². The average Bonchev–Trinajstić information content (AvgIpc) is 2.58. The van der Waals surface area contributed by atoms with E-state index in [-0.39, 0.29) is 17.2 Å². The van der Waals surface area contributed by atoms with E-state index < -0.39 is 22.3 Å². The molecule has 2 rings (SSSR count). The van der Waals surface area contributed by atoms with E-state index in [1.54, 1.807) is 42.5 Å². The van der Waals surface area contributed by atoms with Gasteiger partial charge in [0.2, 0.25) is 0 Å². The van der Waals surface area contributed by atoms with E-state index in [0.717, 1.165) is 0 Å². The fourth-order valence-corrected chi connectivity index (χ4v) is 2.64. The highest BCUT2D eigenvalue weighted by Crippen LogP contribution is 2.33. The Balaban J connectivity index is 2.28. The van der Waals surface area contributed by atoms with Crippen LogP contribution in [-0.4, -0.2) is 27.4 Å². The number of aliphatic carboxylic acids is 1. The number of hydrogen-bond donors (Lipinski definition) is 2. The predicted molar refractivity (Wildman–Crippen MR) is 96.6 cm³/mol. The van der Waals surface area contributed by atoms with Crippen molar-refractivity contribution in [2.45, 2.75) is 16.8 Å². The van der Waals surface area contributed by atoms with Gasteiger partial charge in [-0.15, -0.1) is 23.2 Å². The van der Waals surface area contributed by atoms with E-state index in [4.69, 9.17) is 45.3 Å². The minimum Gasteiger partial charge on any atom is -0.480 e. The van der Waals surface area contributed by atoms with Gasteiger partial charge in [0.05, 0.1) is 10.6 Å². The van der Waals surface area contributed by atoms with E-state index in [1.807, 2.05) is 0 Å². The molecule has 8 heteroatoms. The van der Waals surface area contributed by atoms with E-state index in [1.165, 1.54) is 6.07 Å².